The molecule has 1 aliphatic rings. The molecule has 0 heterocycles. The molecule has 1 unspecified atom stereocenters. The van der Waals surface area contributed by atoms with Gasteiger partial charge in [0.15, 0.2) is 0 Å². The number of rotatable bonds is 7. The number of nitrogens with two attached hydrogens (primary N) is 2. The second-order valence-electron chi connectivity index (χ2n) is 5.81. The van der Waals surface area contributed by atoms with Crippen molar-refractivity contribution in [2.45, 2.75) is 0 Å². The van der Waals surface area contributed by atoms with Gasteiger partial charge in [0.2, 0.25) is 0 Å². The molecule has 7 N–H and O–H groups in total. The van der Waals surface area contributed by atoms with Gasteiger partial charge in [-0.2, -0.15) is 5.10 Å². The molecular weight excluding hydrogens is 376 g/mol. The average Bonchev–Trinajstić information content (AvgIpc) is 2.70. The number of carbonyl (C=O) groups is 2. The number of nitrogens with zero attached hydrogens (tertiary/aromatic N) is 1. The van der Waals surface area contributed by atoms with Crippen LogP contribution in [-0.4, -0.2) is 34.4 Å². The Morgan fingerprint density at radius 1 is 1.28 bits per heavy atom. The number of carboxylic acids is 2. The minimum absolute atomic E-state index is 0.0636. The molecule has 0 fully saturated rings. The average molecular weight is 394 g/mol. The van der Waals surface area contributed by atoms with E-state index in [1.807, 2.05) is 0 Å². The van der Waals surface area contributed by atoms with Crippen LogP contribution in [0, 0.1) is 5.92 Å². The van der Waals surface area contributed by atoms with E-state index in [1.165, 1.54) is 30.6 Å². The number of anilines is 1. The van der Waals surface area contributed by atoms with Crippen molar-refractivity contribution in [2.24, 2.45) is 22.6 Å². The van der Waals surface area contributed by atoms with Gasteiger partial charge >= 0.3 is 11.9 Å². The summed E-state index contributed by atoms with van der Waals surface area (Å²) in [5, 5.41) is 24.8. The number of carboxylic acid groups (broad SMARTS) is 2. The number of aliphatic carboxylic acids is 2. The molecule has 0 radical (unpaired) electrons. The molecule has 1 aliphatic carbocycles. The zero-order chi connectivity index (χ0) is 21.4. The number of benzene rings is 1. The molecule has 1 aromatic rings. The largest absolute Gasteiger partial charge is 0.478 e. The summed E-state index contributed by atoms with van der Waals surface area (Å²) in [6.07, 6.45) is 7.67. The smallest absolute Gasteiger partial charge is 0.338 e. The minimum Gasteiger partial charge on any atom is -0.478 e. The Kier molecular flexibility index (Phi) is 6.89. The van der Waals surface area contributed by atoms with Gasteiger partial charge in [-0.25, -0.2) is 14.4 Å². The van der Waals surface area contributed by atoms with Crippen molar-refractivity contribution in [3.63, 3.8) is 0 Å². The first-order valence-corrected chi connectivity index (χ1v) is 8.25. The van der Waals surface area contributed by atoms with Crippen LogP contribution in [0.5, 0.6) is 0 Å². The lowest BCUT2D eigenvalue weighted by atomic mass is 9.81. The predicted molar refractivity (Wildman–Crippen MR) is 108 cm³/mol. The fraction of sp³-hybridized carbons (Fsp3) is 0.0500. The molecule has 0 bridgehead atoms. The van der Waals surface area contributed by atoms with E-state index in [4.69, 9.17) is 16.7 Å². The molecular formula is C20H18N4O5. The molecule has 29 heavy (non-hydrogen) atoms. The highest BCUT2D eigenvalue weighted by Gasteiger charge is 2.28. The Labute approximate surface area is 165 Å². The molecule has 1 atom stereocenters. The third-order valence-electron chi connectivity index (χ3n) is 4.02. The normalized spacial score (nSPS) is 17.0. The summed E-state index contributed by atoms with van der Waals surface area (Å²) in [5.74, 6) is 3.27. The van der Waals surface area contributed by atoms with Gasteiger partial charge in [-0.15, -0.1) is 0 Å². The highest BCUT2D eigenvalue weighted by Crippen LogP contribution is 2.34. The predicted octanol–water partition coefficient (Wildman–Crippen LogP) is 1.27. The van der Waals surface area contributed by atoms with Gasteiger partial charge in [0.05, 0.1) is 11.3 Å². The SMILES string of the molecule is NN=CNc1cccc(C(N)=C(C(=O)O)C2=CC=CC(=C=O)C2C=CC(=O)O)c1. The van der Waals surface area contributed by atoms with Crippen LogP contribution in [0.4, 0.5) is 5.69 Å². The molecule has 148 valence electrons. The van der Waals surface area contributed by atoms with Crippen LogP contribution in [0.25, 0.3) is 5.70 Å². The third kappa shape index (κ3) is 5.09. The molecule has 9 nitrogen and oxygen atoms in total. The number of hydrogen-bond acceptors (Lipinski definition) is 6. The van der Waals surface area contributed by atoms with Gasteiger partial charge in [0.1, 0.15) is 12.3 Å². The van der Waals surface area contributed by atoms with Gasteiger partial charge in [-0.1, -0.05) is 30.4 Å². The van der Waals surface area contributed by atoms with Crippen molar-refractivity contribution in [3.8, 4) is 0 Å². The van der Waals surface area contributed by atoms with Gasteiger partial charge in [0.25, 0.3) is 0 Å². The zero-order valence-electron chi connectivity index (χ0n) is 15.1. The number of hydrazone groups is 1. The summed E-state index contributed by atoms with van der Waals surface area (Å²) in [4.78, 5) is 34.3. The third-order valence-corrected chi connectivity index (χ3v) is 4.02. The van der Waals surface area contributed by atoms with Gasteiger partial charge in [-0.05, 0) is 23.8 Å². The van der Waals surface area contributed by atoms with Gasteiger partial charge in [0, 0.05) is 28.8 Å². The quantitative estimate of drug-likeness (QED) is 0.115. The summed E-state index contributed by atoms with van der Waals surface area (Å²) in [7, 11) is 0. The molecule has 9 heteroatoms. The van der Waals surface area contributed by atoms with E-state index in [0.29, 0.717) is 11.3 Å². The Balaban J connectivity index is 2.63. The lowest BCUT2D eigenvalue weighted by molar-refractivity contribution is -0.132. The summed E-state index contributed by atoms with van der Waals surface area (Å²) in [6, 6.07) is 6.56. The topological polar surface area (TPSA) is 168 Å². The highest BCUT2D eigenvalue weighted by molar-refractivity contribution is 6.01. The van der Waals surface area contributed by atoms with Crippen molar-refractivity contribution >= 4 is 35.6 Å². The molecule has 0 amide bonds. The summed E-state index contributed by atoms with van der Waals surface area (Å²) in [5.41, 5.74) is 7.06. The number of nitrogens with one attached hydrogen (secondary N) is 1. The zero-order valence-corrected chi connectivity index (χ0v) is 15.1. The maximum Gasteiger partial charge on any atom is 0.338 e. The first kappa shape index (κ1) is 20.9. The van der Waals surface area contributed by atoms with Crippen molar-refractivity contribution in [3.05, 3.63) is 76.9 Å². The van der Waals surface area contributed by atoms with Crippen molar-refractivity contribution < 1.29 is 24.6 Å². The molecule has 0 aliphatic heterocycles. The highest BCUT2D eigenvalue weighted by atomic mass is 16.4. The summed E-state index contributed by atoms with van der Waals surface area (Å²) in [6.45, 7) is 0. The summed E-state index contributed by atoms with van der Waals surface area (Å²) >= 11 is 0. The number of carbonyl (C=O) groups excluding carboxylic acids is 1. The monoisotopic (exact) mass is 394 g/mol. The maximum absolute atomic E-state index is 12.0. The fourth-order valence-corrected chi connectivity index (χ4v) is 2.78. The van der Waals surface area contributed by atoms with Crippen molar-refractivity contribution in [2.75, 3.05) is 5.32 Å². The van der Waals surface area contributed by atoms with Crippen LogP contribution in [0.3, 0.4) is 0 Å². The van der Waals surface area contributed by atoms with E-state index in [0.717, 1.165) is 6.08 Å². The maximum atomic E-state index is 12.0. The number of allylic oxidation sites excluding steroid dienone is 5. The lowest BCUT2D eigenvalue weighted by Gasteiger charge is -2.21. The summed E-state index contributed by atoms with van der Waals surface area (Å²) < 4.78 is 0. The van der Waals surface area contributed by atoms with E-state index >= 15 is 0 Å². The van der Waals surface area contributed by atoms with Crippen LogP contribution in [0.1, 0.15) is 5.56 Å². The second-order valence-corrected chi connectivity index (χ2v) is 5.81. The first-order valence-electron chi connectivity index (χ1n) is 8.25. The Bertz CT molecular complexity index is 1030. The van der Waals surface area contributed by atoms with E-state index in [9.17, 15) is 19.5 Å². The van der Waals surface area contributed by atoms with Crippen molar-refractivity contribution in [1.29, 1.82) is 0 Å². The Hall–Kier alpha value is -4.36. The molecule has 1 aromatic carbocycles. The lowest BCUT2D eigenvalue weighted by Crippen LogP contribution is -2.19. The van der Waals surface area contributed by atoms with E-state index < -0.39 is 17.9 Å². The van der Waals surface area contributed by atoms with Crippen LogP contribution in [-0.2, 0) is 14.4 Å². The minimum atomic E-state index is -1.33. The second kappa shape index (κ2) is 9.54. The molecule has 2 rings (SSSR count). The number of hydrogen-bond donors (Lipinski definition) is 5. The van der Waals surface area contributed by atoms with Crippen LogP contribution in [0.2, 0.25) is 0 Å². The molecule has 0 spiro atoms. The Morgan fingerprint density at radius 3 is 2.66 bits per heavy atom. The fourth-order valence-electron chi connectivity index (χ4n) is 2.78. The molecule has 0 aromatic heterocycles. The van der Waals surface area contributed by atoms with E-state index in [2.05, 4.69) is 10.4 Å². The van der Waals surface area contributed by atoms with E-state index in [1.54, 1.807) is 30.2 Å². The van der Waals surface area contributed by atoms with Crippen molar-refractivity contribution in [1.82, 2.24) is 0 Å². The molecule has 0 saturated heterocycles. The standard InChI is InChI=1S/C20H18N4O5/c21-19(12-3-1-5-14(9-12)23-11-24-22)18(20(28)29)16-6-2-4-13(10-25)15(16)7-8-17(26)27/h1-9,11,15H,21-22H2,(H,23,24)(H,26,27)(H,28,29). The van der Waals surface area contributed by atoms with Crippen LogP contribution >= 0.6 is 0 Å². The molecule has 0 saturated carbocycles. The first-order chi connectivity index (χ1) is 13.9. The van der Waals surface area contributed by atoms with Gasteiger partial charge < -0.3 is 27.1 Å². The van der Waals surface area contributed by atoms with Crippen LogP contribution < -0.4 is 16.9 Å². The van der Waals surface area contributed by atoms with Gasteiger partial charge in [-0.3, -0.25) is 0 Å². The van der Waals surface area contributed by atoms with E-state index in [-0.39, 0.29) is 22.4 Å². The van der Waals surface area contributed by atoms with Crippen LogP contribution in [0.15, 0.2) is 76.5 Å². The Morgan fingerprint density at radius 2 is 2.03 bits per heavy atom.